The Morgan fingerprint density at radius 3 is 2.36 bits per heavy atom. The van der Waals surface area contributed by atoms with Gasteiger partial charge in [0.2, 0.25) is 0 Å². The van der Waals surface area contributed by atoms with Gasteiger partial charge in [0, 0.05) is 21.5 Å². The predicted octanol–water partition coefficient (Wildman–Crippen LogP) is 3.20. The van der Waals surface area contributed by atoms with Crippen molar-refractivity contribution in [2.75, 3.05) is 0 Å². The Labute approximate surface area is 193 Å². The average Bonchev–Trinajstić information content (AvgIpc) is 2.85. The second-order valence-electron chi connectivity index (χ2n) is 7.01. The monoisotopic (exact) mass is 459 g/mol. The van der Waals surface area contributed by atoms with Gasteiger partial charge in [0.1, 0.15) is 5.69 Å². The van der Waals surface area contributed by atoms with Gasteiger partial charge in [-0.15, -0.1) is 0 Å². The number of carbonyl (C=O) groups is 2. The molecule has 0 unspecified atom stereocenters. The molecular formula is C24H18ClN5O3. The number of aromatic amines is 1. The molecule has 1 aromatic heterocycles. The fourth-order valence-electron chi connectivity index (χ4n) is 3.23. The van der Waals surface area contributed by atoms with Crippen LogP contribution >= 0.6 is 11.6 Å². The Kier molecular flexibility index (Phi) is 6.56. The Morgan fingerprint density at radius 1 is 0.939 bits per heavy atom. The Hall–Kier alpha value is -4.30. The lowest BCUT2D eigenvalue weighted by molar-refractivity contribution is -0.123. The molecule has 0 bridgehead atoms. The number of carbonyl (C=O) groups excluding carboxylic acids is 2. The second-order valence-corrected chi connectivity index (χ2v) is 7.42. The summed E-state index contributed by atoms with van der Waals surface area (Å²) in [5.74, 6) is -1.13. The van der Waals surface area contributed by atoms with Crippen molar-refractivity contribution < 1.29 is 9.59 Å². The van der Waals surface area contributed by atoms with Crippen LogP contribution in [0, 0.1) is 0 Å². The lowest BCUT2D eigenvalue weighted by Crippen LogP contribution is -2.40. The number of hydrogen-bond acceptors (Lipinski definition) is 5. The predicted molar refractivity (Wildman–Crippen MR) is 126 cm³/mol. The maximum Gasteiger partial charge on any atom is 0.272 e. The molecule has 2 amide bonds. The van der Waals surface area contributed by atoms with E-state index in [2.05, 4.69) is 26.0 Å². The molecule has 4 rings (SSSR count). The van der Waals surface area contributed by atoms with Crippen molar-refractivity contribution in [3.8, 4) is 0 Å². The third kappa shape index (κ3) is 4.97. The van der Waals surface area contributed by atoms with Gasteiger partial charge in [-0.1, -0.05) is 66.2 Å². The molecule has 8 nitrogen and oxygen atoms in total. The summed E-state index contributed by atoms with van der Waals surface area (Å²) in [7, 11) is 0. The van der Waals surface area contributed by atoms with Gasteiger partial charge in [-0.3, -0.25) is 14.4 Å². The summed E-state index contributed by atoms with van der Waals surface area (Å²) in [6.45, 7) is 0. The van der Waals surface area contributed by atoms with Gasteiger partial charge >= 0.3 is 0 Å². The fourth-order valence-corrected chi connectivity index (χ4v) is 3.41. The average molecular weight is 460 g/mol. The summed E-state index contributed by atoms with van der Waals surface area (Å²) in [6.07, 6.45) is 1.40. The van der Waals surface area contributed by atoms with Crippen LogP contribution in [-0.4, -0.2) is 28.2 Å². The lowest BCUT2D eigenvalue weighted by atomic mass is 10.0. The first-order chi connectivity index (χ1) is 16.0. The highest BCUT2D eigenvalue weighted by atomic mass is 35.5. The SMILES string of the molecule is O=C(N[C@@H](C(=O)NN=Cc1ccccc1Cl)c1n[nH]c(=O)c2ccccc12)c1ccccc1. The number of nitrogens with zero attached hydrogens (tertiary/aromatic N) is 2. The highest BCUT2D eigenvalue weighted by Gasteiger charge is 2.27. The number of halogens is 1. The number of benzene rings is 3. The molecule has 9 heteroatoms. The number of aromatic nitrogens is 2. The number of nitrogens with one attached hydrogen (secondary N) is 3. The molecule has 3 aromatic carbocycles. The molecule has 0 saturated heterocycles. The van der Waals surface area contributed by atoms with Crippen molar-refractivity contribution in [3.63, 3.8) is 0 Å². The molecule has 3 N–H and O–H groups in total. The quantitative estimate of drug-likeness (QED) is 0.303. The van der Waals surface area contributed by atoms with E-state index in [4.69, 9.17) is 11.6 Å². The summed E-state index contributed by atoms with van der Waals surface area (Å²) < 4.78 is 0. The first-order valence-electron chi connectivity index (χ1n) is 9.95. The van der Waals surface area contributed by atoms with Gasteiger partial charge < -0.3 is 5.32 Å². The zero-order valence-electron chi connectivity index (χ0n) is 17.2. The van der Waals surface area contributed by atoms with Crippen molar-refractivity contribution in [1.29, 1.82) is 0 Å². The molecule has 1 heterocycles. The van der Waals surface area contributed by atoms with Crippen molar-refractivity contribution in [2.24, 2.45) is 5.10 Å². The van der Waals surface area contributed by atoms with Crippen LogP contribution in [-0.2, 0) is 4.79 Å². The van der Waals surface area contributed by atoms with E-state index in [-0.39, 0.29) is 5.69 Å². The third-order valence-electron chi connectivity index (χ3n) is 4.86. The summed E-state index contributed by atoms with van der Waals surface area (Å²) >= 11 is 6.11. The van der Waals surface area contributed by atoms with E-state index >= 15 is 0 Å². The molecule has 0 saturated carbocycles. The number of hydrazone groups is 1. The molecule has 0 aliphatic carbocycles. The van der Waals surface area contributed by atoms with Gasteiger partial charge in [0.05, 0.1) is 11.6 Å². The van der Waals surface area contributed by atoms with E-state index in [0.717, 1.165) is 0 Å². The van der Waals surface area contributed by atoms with Crippen molar-refractivity contribution in [1.82, 2.24) is 20.9 Å². The smallest absolute Gasteiger partial charge is 0.272 e. The molecule has 0 aliphatic rings. The van der Waals surface area contributed by atoms with Crippen LogP contribution in [0.3, 0.4) is 0 Å². The van der Waals surface area contributed by atoms with E-state index in [9.17, 15) is 14.4 Å². The number of amides is 2. The Bertz CT molecular complexity index is 1400. The number of rotatable bonds is 6. The van der Waals surface area contributed by atoms with Crippen LogP contribution in [0.4, 0.5) is 0 Å². The van der Waals surface area contributed by atoms with Crippen LogP contribution in [0.5, 0.6) is 0 Å². The molecular weight excluding hydrogens is 442 g/mol. The third-order valence-corrected chi connectivity index (χ3v) is 5.20. The minimum Gasteiger partial charge on any atom is -0.335 e. The van der Waals surface area contributed by atoms with Crippen LogP contribution in [0.1, 0.15) is 27.7 Å². The first kappa shape index (κ1) is 21.9. The van der Waals surface area contributed by atoms with Crippen molar-refractivity contribution in [2.45, 2.75) is 6.04 Å². The molecule has 0 aliphatic heterocycles. The van der Waals surface area contributed by atoms with E-state index in [1.54, 1.807) is 78.9 Å². The summed E-state index contributed by atoms with van der Waals surface area (Å²) in [5, 5.41) is 14.4. The van der Waals surface area contributed by atoms with E-state index < -0.39 is 23.4 Å². The fraction of sp³-hybridized carbons (Fsp3) is 0.0417. The zero-order chi connectivity index (χ0) is 23.2. The minimum absolute atomic E-state index is 0.180. The van der Waals surface area contributed by atoms with E-state index in [0.29, 0.717) is 26.9 Å². The van der Waals surface area contributed by atoms with Gasteiger partial charge in [0.25, 0.3) is 17.4 Å². The lowest BCUT2D eigenvalue weighted by Gasteiger charge is -2.18. The minimum atomic E-state index is -1.23. The highest BCUT2D eigenvalue weighted by Crippen LogP contribution is 2.20. The van der Waals surface area contributed by atoms with Crippen molar-refractivity contribution >= 4 is 40.4 Å². The van der Waals surface area contributed by atoms with Crippen LogP contribution in [0.25, 0.3) is 10.8 Å². The van der Waals surface area contributed by atoms with Gasteiger partial charge in [-0.2, -0.15) is 10.2 Å². The molecule has 0 fully saturated rings. The maximum atomic E-state index is 13.1. The second kappa shape index (κ2) is 9.88. The normalized spacial score (nSPS) is 11.9. The van der Waals surface area contributed by atoms with E-state index in [1.807, 2.05) is 0 Å². The van der Waals surface area contributed by atoms with Gasteiger partial charge in [-0.05, 0) is 24.3 Å². The van der Waals surface area contributed by atoms with E-state index in [1.165, 1.54) is 6.21 Å². The van der Waals surface area contributed by atoms with Gasteiger partial charge in [0.15, 0.2) is 6.04 Å². The maximum absolute atomic E-state index is 13.1. The number of fused-ring (bicyclic) bond motifs is 1. The number of hydrogen-bond donors (Lipinski definition) is 3. The Balaban J connectivity index is 1.68. The van der Waals surface area contributed by atoms with Crippen LogP contribution < -0.4 is 16.3 Å². The molecule has 0 spiro atoms. The topological polar surface area (TPSA) is 116 Å². The molecule has 1 atom stereocenters. The Morgan fingerprint density at radius 2 is 1.61 bits per heavy atom. The summed E-state index contributed by atoms with van der Waals surface area (Å²) in [5.41, 5.74) is 3.17. The first-order valence-corrected chi connectivity index (χ1v) is 10.3. The van der Waals surface area contributed by atoms with Crippen LogP contribution in [0.15, 0.2) is 88.8 Å². The van der Waals surface area contributed by atoms with Gasteiger partial charge in [-0.25, -0.2) is 10.5 Å². The van der Waals surface area contributed by atoms with Crippen LogP contribution in [0.2, 0.25) is 5.02 Å². The highest BCUT2D eigenvalue weighted by molar-refractivity contribution is 6.33. The molecule has 33 heavy (non-hydrogen) atoms. The largest absolute Gasteiger partial charge is 0.335 e. The standard InChI is InChI=1S/C24H18ClN5O3/c25-19-13-7-4-10-16(19)14-26-29-24(33)21(27-22(31)15-8-2-1-3-9-15)20-17-11-5-6-12-18(17)23(32)30-28-20/h1-14,21H,(H,27,31)(H,29,33)(H,30,32)/t21-/m1/s1. The molecule has 0 radical (unpaired) electrons. The zero-order valence-corrected chi connectivity index (χ0v) is 17.9. The molecule has 164 valence electrons. The van der Waals surface area contributed by atoms with Crippen molar-refractivity contribution in [3.05, 3.63) is 111 Å². The summed E-state index contributed by atoms with van der Waals surface area (Å²) in [6, 6.07) is 20.9. The molecule has 4 aromatic rings. The summed E-state index contributed by atoms with van der Waals surface area (Å²) in [4.78, 5) is 38.1. The number of H-pyrrole nitrogens is 1.